The Morgan fingerprint density at radius 1 is 0.850 bits per heavy atom. The Kier molecular flexibility index (Phi) is 9.17. The maximum absolute atomic E-state index is 12.5. The van der Waals surface area contributed by atoms with Crippen LogP contribution in [0.2, 0.25) is 0 Å². The number of benzene rings is 3. The van der Waals surface area contributed by atoms with Crippen LogP contribution in [0.15, 0.2) is 103 Å². The number of para-hydroxylation sites is 1. The molecule has 1 atom stereocenters. The van der Waals surface area contributed by atoms with Crippen LogP contribution in [-0.4, -0.2) is 12.0 Å². The van der Waals surface area contributed by atoms with Crippen molar-refractivity contribution in [3.8, 4) is 16.9 Å². The number of anilines is 1. The number of urea groups is 1. The number of esters is 1. The lowest BCUT2D eigenvalue weighted by atomic mass is 9.97. The van der Waals surface area contributed by atoms with Crippen LogP contribution < -0.4 is 19.9 Å². The fourth-order valence-corrected chi connectivity index (χ4v) is 3.92. The Balaban J connectivity index is 1.27. The monoisotopic (exact) mass is 538 g/mol. The fraction of sp³-hybridized carbons (Fsp3) is 0.242. The molecule has 0 bridgehead atoms. The van der Waals surface area contributed by atoms with Gasteiger partial charge in [-0.1, -0.05) is 60.7 Å². The van der Waals surface area contributed by atoms with Gasteiger partial charge in [0.05, 0.1) is 12.0 Å². The number of rotatable bonds is 9. The second-order valence-electron chi connectivity index (χ2n) is 10.6. The van der Waals surface area contributed by atoms with Gasteiger partial charge in [0.15, 0.2) is 12.4 Å². The van der Waals surface area contributed by atoms with E-state index < -0.39 is 11.6 Å². The zero-order valence-corrected chi connectivity index (χ0v) is 23.4. The summed E-state index contributed by atoms with van der Waals surface area (Å²) in [6.07, 6.45) is 3.22. The summed E-state index contributed by atoms with van der Waals surface area (Å²) in [4.78, 5) is 24.7. The number of ether oxygens (including phenoxy) is 2. The second kappa shape index (κ2) is 12.9. The van der Waals surface area contributed by atoms with Crippen LogP contribution >= 0.6 is 0 Å². The SMILES string of the molecule is CC(OC(=O)C(C)(C)C)[n+]1cccc(CNC(=O)Nc2ccc(COc3ccccc3-c3ccccc3)cc2)c1. The molecule has 7 heteroatoms. The van der Waals surface area contributed by atoms with Crippen molar-refractivity contribution < 1.29 is 23.6 Å². The van der Waals surface area contributed by atoms with Crippen molar-refractivity contribution in [1.29, 1.82) is 0 Å². The average molecular weight is 539 g/mol. The molecule has 206 valence electrons. The van der Waals surface area contributed by atoms with Crippen LogP contribution in [0, 0.1) is 5.41 Å². The fourth-order valence-electron chi connectivity index (χ4n) is 3.92. The normalized spacial score (nSPS) is 11.8. The van der Waals surface area contributed by atoms with Gasteiger partial charge in [0.1, 0.15) is 12.4 Å². The molecule has 0 aliphatic heterocycles. The summed E-state index contributed by atoms with van der Waals surface area (Å²) in [5.74, 6) is 0.546. The van der Waals surface area contributed by atoms with Gasteiger partial charge in [-0.25, -0.2) is 4.79 Å². The number of nitrogens with zero attached hydrogens (tertiary/aromatic N) is 1. The number of carbonyl (C=O) groups is 2. The number of hydrogen-bond acceptors (Lipinski definition) is 4. The topological polar surface area (TPSA) is 80.5 Å². The maximum atomic E-state index is 12.5. The van der Waals surface area contributed by atoms with Crippen LogP contribution in [-0.2, 0) is 22.7 Å². The van der Waals surface area contributed by atoms with Crippen LogP contribution in [0.4, 0.5) is 10.5 Å². The first-order chi connectivity index (χ1) is 19.2. The Labute approximate surface area is 235 Å². The van der Waals surface area contributed by atoms with Gasteiger partial charge in [0.25, 0.3) is 0 Å². The number of carbonyl (C=O) groups excluding carboxylic acids is 2. The molecule has 2 amide bonds. The van der Waals surface area contributed by atoms with Crippen molar-refractivity contribution in [3.05, 3.63) is 115 Å². The predicted octanol–water partition coefficient (Wildman–Crippen LogP) is 6.65. The molecular weight excluding hydrogens is 502 g/mol. The Hall–Kier alpha value is -4.65. The zero-order chi connectivity index (χ0) is 28.5. The van der Waals surface area contributed by atoms with Gasteiger partial charge in [0, 0.05) is 29.8 Å². The third-order valence-corrected chi connectivity index (χ3v) is 6.22. The van der Waals surface area contributed by atoms with Gasteiger partial charge in [-0.3, -0.25) is 4.79 Å². The second-order valence-corrected chi connectivity index (χ2v) is 10.6. The molecule has 0 radical (unpaired) electrons. The molecule has 1 unspecified atom stereocenters. The summed E-state index contributed by atoms with van der Waals surface area (Å²) in [6.45, 7) is 8.00. The van der Waals surface area contributed by atoms with E-state index >= 15 is 0 Å². The van der Waals surface area contributed by atoms with E-state index in [4.69, 9.17) is 9.47 Å². The van der Waals surface area contributed by atoms with Gasteiger partial charge in [-0.05, 0) is 56.2 Å². The van der Waals surface area contributed by atoms with Gasteiger partial charge < -0.3 is 20.1 Å². The summed E-state index contributed by atoms with van der Waals surface area (Å²) in [6, 6.07) is 29.1. The minimum atomic E-state index is -0.578. The lowest BCUT2D eigenvalue weighted by Gasteiger charge is -2.18. The van der Waals surface area contributed by atoms with Gasteiger partial charge in [0.2, 0.25) is 0 Å². The maximum Gasteiger partial charge on any atom is 0.319 e. The molecule has 1 heterocycles. The lowest BCUT2D eigenvalue weighted by molar-refractivity contribution is -0.753. The summed E-state index contributed by atoms with van der Waals surface area (Å²) < 4.78 is 13.5. The Morgan fingerprint density at radius 3 is 2.27 bits per heavy atom. The van der Waals surface area contributed by atoms with Crippen LogP contribution in [0.3, 0.4) is 0 Å². The van der Waals surface area contributed by atoms with Crippen LogP contribution in [0.25, 0.3) is 11.1 Å². The standard InChI is InChI=1S/C33H35N3O4/c1-24(40-31(37)33(2,3)4)36-20-10-11-26(22-36)21-34-32(38)35-28-18-16-25(17-19-28)23-39-30-15-9-8-14-29(30)27-12-6-5-7-13-27/h5-20,22,24H,21,23H2,1-4H3,(H-,34,35,38)/p+1. The summed E-state index contributed by atoms with van der Waals surface area (Å²) >= 11 is 0. The van der Waals surface area contributed by atoms with E-state index in [1.807, 2.05) is 119 Å². The first-order valence-electron chi connectivity index (χ1n) is 13.3. The number of hydrogen-bond donors (Lipinski definition) is 2. The molecule has 40 heavy (non-hydrogen) atoms. The van der Waals surface area contributed by atoms with E-state index in [-0.39, 0.29) is 12.0 Å². The van der Waals surface area contributed by atoms with Crippen molar-refractivity contribution in [2.75, 3.05) is 5.32 Å². The van der Waals surface area contributed by atoms with E-state index in [1.54, 1.807) is 4.57 Å². The molecule has 3 aromatic carbocycles. The molecule has 0 fully saturated rings. The van der Waals surface area contributed by atoms with Crippen molar-refractivity contribution in [3.63, 3.8) is 0 Å². The summed E-state index contributed by atoms with van der Waals surface area (Å²) in [5.41, 5.74) is 4.11. The highest BCUT2D eigenvalue weighted by atomic mass is 16.6. The van der Waals surface area contributed by atoms with Crippen molar-refractivity contribution in [2.24, 2.45) is 5.41 Å². The van der Waals surface area contributed by atoms with E-state index in [2.05, 4.69) is 22.8 Å². The highest BCUT2D eigenvalue weighted by Crippen LogP contribution is 2.30. The lowest BCUT2D eigenvalue weighted by Crippen LogP contribution is -2.42. The molecule has 1 aromatic heterocycles. The number of nitrogens with one attached hydrogen (secondary N) is 2. The zero-order valence-electron chi connectivity index (χ0n) is 23.4. The van der Waals surface area contributed by atoms with Crippen molar-refractivity contribution >= 4 is 17.7 Å². The predicted molar refractivity (Wildman–Crippen MR) is 155 cm³/mol. The van der Waals surface area contributed by atoms with E-state index in [0.717, 1.165) is 28.0 Å². The highest BCUT2D eigenvalue weighted by Gasteiger charge is 2.27. The Morgan fingerprint density at radius 2 is 1.55 bits per heavy atom. The average Bonchev–Trinajstić information content (AvgIpc) is 2.96. The molecule has 4 aromatic rings. The first-order valence-corrected chi connectivity index (χ1v) is 13.3. The molecule has 2 N–H and O–H groups in total. The number of aromatic nitrogens is 1. The molecular formula is C33H36N3O4+. The van der Waals surface area contributed by atoms with Crippen LogP contribution in [0.5, 0.6) is 5.75 Å². The third-order valence-electron chi connectivity index (χ3n) is 6.22. The third kappa shape index (κ3) is 7.93. The smallest absolute Gasteiger partial charge is 0.319 e. The van der Waals surface area contributed by atoms with E-state index in [1.165, 1.54) is 0 Å². The van der Waals surface area contributed by atoms with Crippen LogP contribution in [0.1, 0.15) is 45.0 Å². The number of amides is 2. The van der Waals surface area contributed by atoms with Gasteiger partial charge >= 0.3 is 18.2 Å². The molecule has 7 nitrogen and oxygen atoms in total. The summed E-state index contributed by atoms with van der Waals surface area (Å²) in [5, 5.41) is 5.72. The summed E-state index contributed by atoms with van der Waals surface area (Å²) in [7, 11) is 0. The number of pyridine rings is 1. The Bertz CT molecular complexity index is 1430. The van der Waals surface area contributed by atoms with Crippen molar-refractivity contribution in [1.82, 2.24) is 5.32 Å². The van der Waals surface area contributed by atoms with E-state index in [9.17, 15) is 9.59 Å². The molecule has 0 aliphatic carbocycles. The quantitative estimate of drug-likeness (QED) is 0.185. The molecule has 0 spiro atoms. The van der Waals surface area contributed by atoms with Gasteiger partial charge in [-0.15, -0.1) is 0 Å². The largest absolute Gasteiger partial charge is 0.488 e. The minimum Gasteiger partial charge on any atom is -0.488 e. The van der Waals surface area contributed by atoms with Gasteiger partial charge in [-0.2, -0.15) is 4.57 Å². The molecule has 4 rings (SSSR count). The van der Waals surface area contributed by atoms with Crippen molar-refractivity contribution in [2.45, 2.75) is 47.1 Å². The molecule has 0 aliphatic rings. The minimum absolute atomic E-state index is 0.273. The molecule has 0 saturated heterocycles. The van der Waals surface area contributed by atoms with E-state index in [0.29, 0.717) is 18.8 Å². The molecule has 0 saturated carbocycles. The first kappa shape index (κ1) is 28.4. The highest BCUT2D eigenvalue weighted by molar-refractivity contribution is 5.89.